The van der Waals surface area contributed by atoms with E-state index in [1.807, 2.05) is 24.3 Å². The molecule has 130 valence electrons. The van der Waals surface area contributed by atoms with E-state index in [1.165, 1.54) is 0 Å². The predicted octanol–water partition coefficient (Wildman–Crippen LogP) is 3.25. The number of anilines is 2. The van der Waals surface area contributed by atoms with Crippen LogP contribution in [-0.2, 0) is 16.0 Å². The van der Waals surface area contributed by atoms with Crippen molar-refractivity contribution in [2.75, 3.05) is 16.8 Å². The molecule has 1 saturated carbocycles. The van der Waals surface area contributed by atoms with E-state index >= 15 is 0 Å². The lowest BCUT2D eigenvalue weighted by molar-refractivity contribution is -0.117. The first kappa shape index (κ1) is 16.1. The molecule has 0 bridgehead atoms. The SMILES string of the molecule is O=C(Cc1ccc(N2CCCC2=O)cc1)Nc1n[nH]c(C2CC2)c1Cl. The zero-order chi connectivity index (χ0) is 17.4. The smallest absolute Gasteiger partial charge is 0.230 e. The van der Waals surface area contributed by atoms with Gasteiger partial charge in [-0.05, 0) is 37.0 Å². The van der Waals surface area contributed by atoms with Gasteiger partial charge in [0.15, 0.2) is 5.82 Å². The van der Waals surface area contributed by atoms with Crippen molar-refractivity contribution in [1.82, 2.24) is 10.2 Å². The number of halogens is 1. The number of aromatic nitrogens is 2. The highest BCUT2D eigenvalue weighted by atomic mass is 35.5. The minimum atomic E-state index is -0.166. The Morgan fingerprint density at radius 2 is 2.08 bits per heavy atom. The summed E-state index contributed by atoms with van der Waals surface area (Å²) >= 11 is 6.27. The van der Waals surface area contributed by atoms with Crippen molar-refractivity contribution < 1.29 is 9.59 Å². The van der Waals surface area contributed by atoms with Crippen LogP contribution in [0, 0.1) is 0 Å². The number of amides is 2. The first-order valence-corrected chi connectivity index (χ1v) is 8.92. The molecule has 0 radical (unpaired) electrons. The number of benzene rings is 1. The molecule has 1 aliphatic carbocycles. The Kier molecular flexibility index (Phi) is 4.21. The van der Waals surface area contributed by atoms with Crippen LogP contribution in [0.25, 0.3) is 0 Å². The molecule has 2 fully saturated rings. The van der Waals surface area contributed by atoms with Gasteiger partial charge in [0.2, 0.25) is 11.8 Å². The molecule has 0 unspecified atom stereocenters. The highest BCUT2D eigenvalue weighted by Crippen LogP contribution is 2.43. The molecule has 1 aromatic heterocycles. The Morgan fingerprint density at radius 3 is 2.72 bits per heavy atom. The van der Waals surface area contributed by atoms with Gasteiger partial charge in [0.05, 0.1) is 12.1 Å². The van der Waals surface area contributed by atoms with Crippen LogP contribution in [-0.4, -0.2) is 28.6 Å². The highest BCUT2D eigenvalue weighted by molar-refractivity contribution is 6.34. The van der Waals surface area contributed by atoms with E-state index in [4.69, 9.17) is 11.6 Å². The summed E-state index contributed by atoms with van der Waals surface area (Å²) in [4.78, 5) is 25.8. The van der Waals surface area contributed by atoms with Crippen molar-refractivity contribution in [2.45, 2.75) is 38.0 Å². The van der Waals surface area contributed by atoms with Gasteiger partial charge in [0.25, 0.3) is 0 Å². The van der Waals surface area contributed by atoms with Gasteiger partial charge in [0, 0.05) is 24.6 Å². The zero-order valence-corrected chi connectivity index (χ0v) is 14.5. The lowest BCUT2D eigenvalue weighted by Crippen LogP contribution is -2.23. The average Bonchev–Trinajstić information content (AvgIpc) is 3.26. The highest BCUT2D eigenvalue weighted by Gasteiger charge is 2.29. The number of H-pyrrole nitrogens is 1. The first-order chi connectivity index (χ1) is 12.1. The van der Waals surface area contributed by atoms with Gasteiger partial charge >= 0.3 is 0 Å². The maximum Gasteiger partial charge on any atom is 0.230 e. The third-order valence-corrected chi connectivity index (χ3v) is 5.04. The number of carbonyl (C=O) groups is 2. The van der Waals surface area contributed by atoms with Crippen LogP contribution in [0.4, 0.5) is 11.5 Å². The van der Waals surface area contributed by atoms with Crippen LogP contribution in [0.3, 0.4) is 0 Å². The van der Waals surface area contributed by atoms with Gasteiger partial charge < -0.3 is 10.2 Å². The van der Waals surface area contributed by atoms with Gasteiger partial charge in [-0.3, -0.25) is 14.7 Å². The number of rotatable bonds is 5. The monoisotopic (exact) mass is 358 g/mol. The second kappa shape index (κ2) is 6.52. The lowest BCUT2D eigenvalue weighted by atomic mass is 10.1. The number of carbonyl (C=O) groups excluding carboxylic acids is 2. The third-order valence-electron chi connectivity index (χ3n) is 4.66. The van der Waals surface area contributed by atoms with Crippen molar-refractivity contribution in [3.8, 4) is 0 Å². The van der Waals surface area contributed by atoms with E-state index < -0.39 is 0 Å². The van der Waals surface area contributed by atoms with Crippen LogP contribution in [0.2, 0.25) is 5.02 Å². The molecule has 2 N–H and O–H groups in total. The number of nitrogens with one attached hydrogen (secondary N) is 2. The standard InChI is InChI=1S/C18H19ClN4O2/c19-16-17(12-5-6-12)21-22-18(16)20-14(24)10-11-3-7-13(8-4-11)23-9-1-2-15(23)25/h3-4,7-8,12H,1-2,5-6,9-10H2,(H2,20,21,22,24). The maximum atomic E-state index is 12.2. The molecule has 6 nitrogen and oxygen atoms in total. The van der Waals surface area contributed by atoms with Crippen molar-refractivity contribution in [2.24, 2.45) is 0 Å². The summed E-state index contributed by atoms with van der Waals surface area (Å²) in [6.45, 7) is 0.764. The molecule has 7 heteroatoms. The minimum Gasteiger partial charge on any atom is -0.312 e. The predicted molar refractivity (Wildman–Crippen MR) is 95.9 cm³/mol. The average molecular weight is 359 g/mol. The normalized spacial score (nSPS) is 17.2. The fourth-order valence-electron chi connectivity index (χ4n) is 3.14. The van der Waals surface area contributed by atoms with Gasteiger partial charge in [-0.25, -0.2) is 0 Å². The van der Waals surface area contributed by atoms with E-state index in [0.29, 0.717) is 23.2 Å². The molecule has 4 rings (SSSR count). The van der Waals surface area contributed by atoms with Crippen molar-refractivity contribution >= 4 is 34.9 Å². The number of hydrogen-bond donors (Lipinski definition) is 2. The molecule has 2 aromatic rings. The summed E-state index contributed by atoms with van der Waals surface area (Å²) < 4.78 is 0. The number of hydrogen-bond acceptors (Lipinski definition) is 3. The molecule has 25 heavy (non-hydrogen) atoms. The van der Waals surface area contributed by atoms with E-state index in [0.717, 1.165) is 42.8 Å². The Morgan fingerprint density at radius 1 is 1.32 bits per heavy atom. The van der Waals surface area contributed by atoms with Crippen LogP contribution >= 0.6 is 11.6 Å². The summed E-state index contributed by atoms with van der Waals surface area (Å²) in [7, 11) is 0. The second-order valence-corrected chi connectivity index (χ2v) is 6.99. The van der Waals surface area contributed by atoms with Crippen LogP contribution in [0.5, 0.6) is 0 Å². The van der Waals surface area contributed by atoms with Crippen molar-refractivity contribution in [3.63, 3.8) is 0 Å². The Hall–Kier alpha value is -2.34. The molecule has 2 heterocycles. The maximum absolute atomic E-state index is 12.2. The molecular weight excluding hydrogens is 340 g/mol. The van der Waals surface area contributed by atoms with Crippen molar-refractivity contribution in [1.29, 1.82) is 0 Å². The fraction of sp³-hybridized carbons (Fsp3) is 0.389. The fourth-order valence-corrected chi connectivity index (χ4v) is 3.43. The van der Waals surface area contributed by atoms with E-state index in [9.17, 15) is 9.59 Å². The Balaban J connectivity index is 1.38. The zero-order valence-electron chi connectivity index (χ0n) is 13.7. The van der Waals surface area contributed by atoms with E-state index in [2.05, 4.69) is 15.5 Å². The first-order valence-electron chi connectivity index (χ1n) is 8.55. The summed E-state index contributed by atoms with van der Waals surface area (Å²) in [5.41, 5.74) is 2.68. The quantitative estimate of drug-likeness (QED) is 0.861. The van der Waals surface area contributed by atoms with Gasteiger partial charge in [0.1, 0.15) is 5.02 Å². The van der Waals surface area contributed by atoms with Crippen LogP contribution < -0.4 is 10.2 Å². The molecule has 1 saturated heterocycles. The third kappa shape index (κ3) is 3.39. The molecule has 2 aliphatic rings. The molecule has 1 aliphatic heterocycles. The summed E-state index contributed by atoms with van der Waals surface area (Å²) in [6.07, 6.45) is 3.96. The number of aromatic amines is 1. The lowest BCUT2D eigenvalue weighted by Gasteiger charge is -2.15. The summed E-state index contributed by atoms with van der Waals surface area (Å²) in [5.74, 6) is 0.838. The topological polar surface area (TPSA) is 78.1 Å². The van der Waals surface area contributed by atoms with Crippen LogP contribution in [0.1, 0.15) is 42.9 Å². The second-order valence-electron chi connectivity index (χ2n) is 6.61. The van der Waals surface area contributed by atoms with Crippen LogP contribution in [0.15, 0.2) is 24.3 Å². The van der Waals surface area contributed by atoms with E-state index in [1.54, 1.807) is 4.90 Å². The minimum absolute atomic E-state index is 0.158. The van der Waals surface area contributed by atoms with Gasteiger partial charge in [-0.15, -0.1) is 0 Å². The summed E-state index contributed by atoms with van der Waals surface area (Å²) in [6, 6.07) is 7.53. The summed E-state index contributed by atoms with van der Waals surface area (Å²) in [5, 5.41) is 10.3. The molecular formula is C18H19ClN4O2. The van der Waals surface area contributed by atoms with Gasteiger partial charge in [-0.2, -0.15) is 5.10 Å². The Bertz CT molecular complexity index is 811. The van der Waals surface area contributed by atoms with Gasteiger partial charge in [-0.1, -0.05) is 23.7 Å². The van der Waals surface area contributed by atoms with E-state index in [-0.39, 0.29) is 18.2 Å². The molecule has 1 aromatic carbocycles. The molecule has 2 amide bonds. The molecule has 0 spiro atoms. The van der Waals surface area contributed by atoms with Crippen molar-refractivity contribution in [3.05, 3.63) is 40.5 Å². The Labute approximate surface area is 150 Å². The molecule has 0 atom stereocenters. The number of nitrogens with zero attached hydrogens (tertiary/aromatic N) is 2. The largest absolute Gasteiger partial charge is 0.312 e.